The summed E-state index contributed by atoms with van der Waals surface area (Å²) in [4.78, 5) is 2.30. The summed E-state index contributed by atoms with van der Waals surface area (Å²) in [7, 11) is 0. The number of hydrogen-bond donors (Lipinski definition) is 1. The van der Waals surface area contributed by atoms with Crippen LogP contribution < -0.4 is 10.6 Å². The van der Waals surface area contributed by atoms with Crippen LogP contribution in [0.1, 0.15) is 18.5 Å². The van der Waals surface area contributed by atoms with Crippen LogP contribution in [0.2, 0.25) is 0 Å². The molecule has 1 aliphatic rings. The second-order valence-corrected chi connectivity index (χ2v) is 4.24. The van der Waals surface area contributed by atoms with Gasteiger partial charge in [-0.15, -0.1) is 5.10 Å². The van der Waals surface area contributed by atoms with Gasteiger partial charge in [-0.25, -0.2) is 0 Å². The third-order valence-electron chi connectivity index (χ3n) is 2.37. The van der Waals surface area contributed by atoms with Gasteiger partial charge in [0.25, 0.3) is 0 Å². The fraction of sp³-hybridized carbons (Fsp3) is 0.750. The normalized spacial score (nSPS) is 23.5. The number of hydrogen-bond acceptors (Lipinski definition) is 5. The summed E-state index contributed by atoms with van der Waals surface area (Å²) in [6.45, 7) is 4.04. The lowest BCUT2D eigenvalue weighted by atomic mass is 10.1. The van der Waals surface area contributed by atoms with E-state index in [2.05, 4.69) is 14.5 Å². The van der Waals surface area contributed by atoms with Gasteiger partial charge in [0, 0.05) is 30.7 Å². The maximum absolute atomic E-state index is 5.90. The zero-order valence-corrected chi connectivity index (χ0v) is 8.55. The zero-order valence-electron chi connectivity index (χ0n) is 7.73. The molecule has 1 aliphatic heterocycles. The van der Waals surface area contributed by atoms with Crippen molar-refractivity contribution in [1.29, 1.82) is 0 Å². The van der Waals surface area contributed by atoms with E-state index in [4.69, 9.17) is 5.73 Å². The van der Waals surface area contributed by atoms with E-state index >= 15 is 0 Å². The molecule has 2 rings (SSSR count). The Bertz CT molecular complexity index is 285. The molecule has 0 aliphatic carbocycles. The van der Waals surface area contributed by atoms with Crippen molar-refractivity contribution in [2.45, 2.75) is 25.8 Å². The third kappa shape index (κ3) is 1.81. The fourth-order valence-corrected chi connectivity index (χ4v) is 2.41. The van der Waals surface area contributed by atoms with E-state index in [0.717, 1.165) is 25.2 Å². The molecule has 0 bridgehead atoms. The number of nitrogens with zero attached hydrogens (tertiary/aromatic N) is 3. The van der Waals surface area contributed by atoms with Crippen molar-refractivity contribution in [3.8, 4) is 0 Å². The lowest BCUT2D eigenvalue weighted by Crippen LogP contribution is -2.42. The lowest BCUT2D eigenvalue weighted by molar-refractivity contribution is 0.507. The molecule has 0 radical (unpaired) electrons. The molecule has 4 nitrogen and oxygen atoms in total. The summed E-state index contributed by atoms with van der Waals surface area (Å²) in [6, 6.07) is 0.315. The van der Waals surface area contributed by atoms with Crippen molar-refractivity contribution in [2.75, 3.05) is 18.0 Å². The first-order chi connectivity index (χ1) is 6.27. The molecule has 0 saturated carbocycles. The molecule has 1 fully saturated rings. The number of anilines is 1. The number of piperidine rings is 1. The highest BCUT2D eigenvalue weighted by Crippen LogP contribution is 2.25. The van der Waals surface area contributed by atoms with Crippen LogP contribution >= 0.6 is 11.5 Å². The smallest absolute Gasteiger partial charge is 0.135 e. The van der Waals surface area contributed by atoms with E-state index in [0.29, 0.717) is 6.04 Å². The summed E-state index contributed by atoms with van der Waals surface area (Å²) in [5, 5.41) is 5.19. The van der Waals surface area contributed by atoms with Crippen molar-refractivity contribution in [3.05, 3.63) is 5.69 Å². The molecule has 0 spiro atoms. The zero-order chi connectivity index (χ0) is 9.26. The predicted octanol–water partition coefficient (Wildman–Crippen LogP) is 0.774. The molecule has 1 unspecified atom stereocenters. The molecule has 5 heteroatoms. The van der Waals surface area contributed by atoms with Crippen molar-refractivity contribution in [3.63, 3.8) is 0 Å². The molecule has 72 valence electrons. The van der Waals surface area contributed by atoms with E-state index < -0.39 is 0 Å². The number of nitrogens with two attached hydrogens (primary N) is 1. The van der Waals surface area contributed by atoms with Gasteiger partial charge in [0.05, 0.1) is 5.69 Å². The van der Waals surface area contributed by atoms with Gasteiger partial charge in [-0.05, 0) is 19.8 Å². The summed E-state index contributed by atoms with van der Waals surface area (Å²) in [5.74, 6) is 0. The van der Waals surface area contributed by atoms with Crippen molar-refractivity contribution < 1.29 is 0 Å². The van der Waals surface area contributed by atoms with Crippen LogP contribution in [0.5, 0.6) is 0 Å². The van der Waals surface area contributed by atoms with Crippen LogP contribution in [0.25, 0.3) is 0 Å². The van der Waals surface area contributed by atoms with E-state index in [-0.39, 0.29) is 0 Å². The average molecular weight is 198 g/mol. The minimum absolute atomic E-state index is 0.315. The van der Waals surface area contributed by atoms with E-state index in [1.807, 2.05) is 6.92 Å². The summed E-state index contributed by atoms with van der Waals surface area (Å²) in [6.07, 6.45) is 2.32. The van der Waals surface area contributed by atoms with Crippen molar-refractivity contribution >= 4 is 16.5 Å². The van der Waals surface area contributed by atoms with E-state index in [1.54, 1.807) is 0 Å². The van der Waals surface area contributed by atoms with Gasteiger partial charge in [0.1, 0.15) is 5.00 Å². The second-order valence-electron chi connectivity index (χ2n) is 3.51. The van der Waals surface area contributed by atoms with E-state index in [9.17, 15) is 0 Å². The van der Waals surface area contributed by atoms with Crippen LogP contribution in [-0.4, -0.2) is 28.7 Å². The van der Waals surface area contributed by atoms with Gasteiger partial charge in [-0.1, -0.05) is 4.49 Å². The number of aryl methyl sites for hydroxylation is 1. The third-order valence-corrected chi connectivity index (χ3v) is 3.26. The van der Waals surface area contributed by atoms with Gasteiger partial charge in [-0.3, -0.25) is 0 Å². The first kappa shape index (κ1) is 8.90. The molecule has 13 heavy (non-hydrogen) atoms. The Morgan fingerprint density at radius 2 is 2.46 bits per heavy atom. The Labute approximate surface area is 81.9 Å². The molecule has 1 atom stereocenters. The highest BCUT2D eigenvalue weighted by molar-refractivity contribution is 7.10. The van der Waals surface area contributed by atoms with Crippen LogP contribution in [0.3, 0.4) is 0 Å². The van der Waals surface area contributed by atoms with Gasteiger partial charge in [-0.2, -0.15) is 0 Å². The Hall–Kier alpha value is -0.680. The molecule has 0 amide bonds. The Balaban J connectivity index is 2.12. The Kier molecular flexibility index (Phi) is 2.46. The minimum Gasteiger partial charge on any atom is -0.359 e. The summed E-state index contributed by atoms with van der Waals surface area (Å²) < 4.78 is 3.93. The second kappa shape index (κ2) is 3.59. The summed E-state index contributed by atoms with van der Waals surface area (Å²) in [5.41, 5.74) is 6.93. The molecular weight excluding hydrogens is 184 g/mol. The van der Waals surface area contributed by atoms with Crippen LogP contribution in [0.4, 0.5) is 5.00 Å². The van der Waals surface area contributed by atoms with Crippen molar-refractivity contribution in [2.24, 2.45) is 5.73 Å². The average Bonchev–Trinajstić information content (AvgIpc) is 2.51. The van der Waals surface area contributed by atoms with Gasteiger partial charge in [0.15, 0.2) is 0 Å². The Morgan fingerprint density at radius 3 is 3.08 bits per heavy atom. The maximum Gasteiger partial charge on any atom is 0.135 e. The van der Waals surface area contributed by atoms with E-state index in [1.165, 1.54) is 23.0 Å². The first-order valence-electron chi connectivity index (χ1n) is 4.57. The van der Waals surface area contributed by atoms with Crippen molar-refractivity contribution in [1.82, 2.24) is 9.59 Å². The molecule has 2 heterocycles. The molecule has 1 saturated heterocycles. The SMILES string of the molecule is Cc1nnsc1N1CCCC(N)C1. The minimum atomic E-state index is 0.315. The largest absolute Gasteiger partial charge is 0.359 e. The quantitative estimate of drug-likeness (QED) is 0.724. The molecule has 0 aromatic carbocycles. The maximum atomic E-state index is 5.90. The molecule has 1 aromatic rings. The van der Waals surface area contributed by atoms with Gasteiger partial charge >= 0.3 is 0 Å². The summed E-state index contributed by atoms with van der Waals surface area (Å²) >= 11 is 1.47. The number of rotatable bonds is 1. The first-order valence-corrected chi connectivity index (χ1v) is 5.34. The molecule has 2 N–H and O–H groups in total. The molecular formula is C8H14N4S. The number of aromatic nitrogens is 2. The highest BCUT2D eigenvalue weighted by atomic mass is 32.1. The van der Waals surface area contributed by atoms with Crippen LogP contribution in [0.15, 0.2) is 0 Å². The van der Waals surface area contributed by atoms with Crippen LogP contribution in [0, 0.1) is 6.92 Å². The topological polar surface area (TPSA) is 55.0 Å². The van der Waals surface area contributed by atoms with Gasteiger partial charge in [0.2, 0.25) is 0 Å². The fourth-order valence-electron chi connectivity index (χ4n) is 1.71. The Morgan fingerprint density at radius 1 is 1.62 bits per heavy atom. The molecule has 1 aromatic heterocycles. The van der Waals surface area contributed by atoms with Gasteiger partial charge < -0.3 is 10.6 Å². The highest BCUT2D eigenvalue weighted by Gasteiger charge is 2.19. The monoisotopic (exact) mass is 198 g/mol. The standard InChI is InChI=1S/C8H14N4S/c1-6-8(13-11-10-6)12-4-2-3-7(9)5-12/h7H,2-5,9H2,1H3. The van der Waals surface area contributed by atoms with Crippen LogP contribution in [-0.2, 0) is 0 Å². The predicted molar refractivity (Wildman–Crippen MR) is 54.1 cm³/mol. The lowest BCUT2D eigenvalue weighted by Gasteiger charge is -2.31.